The smallest absolute Gasteiger partial charge is 0.259 e. The second kappa shape index (κ2) is 8.31. The molecule has 1 aliphatic rings. The highest BCUT2D eigenvalue weighted by molar-refractivity contribution is 7.90. The molecule has 2 heterocycles. The van der Waals surface area contributed by atoms with Gasteiger partial charge in [0.05, 0.1) is 10.5 Å². The van der Waals surface area contributed by atoms with Crippen LogP contribution in [0.5, 0.6) is 0 Å². The number of nitrogens with one attached hydrogen (secondary N) is 1. The van der Waals surface area contributed by atoms with Crippen molar-refractivity contribution >= 4 is 27.2 Å². The van der Waals surface area contributed by atoms with Crippen molar-refractivity contribution < 1.29 is 13.2 Å². The van der Waals surface area contributed by atoms with Crippen LogP contribution in [0.4, 0.5) is 11.5 Å². The highest BCUT2D eigenvalue weighted by atomic mass is 32.2. The van der Waals surface area contributed by atoms with Crippen LogP contribution in [-0.4, -0.2) is 38.7 Å². The van der Waals surface area contributed by atoms with Gasteiger partial charge in [0, 0.05) is 30.7 Å². The normalized spacial score (nSPS) is 15.2. The van der Waals surface area contributed by atoms with Crippen molar-refractivity contribution in [3.63, 3.8) is 0 Å². The maximum absolute atomic E-state index is 13.1. The van der Waals surface area contributed by atoms with Crippen molar-refractivity contribution in [3.05, 3.63) is 47.2 Å². The number of nitrogens with zero attached hydrogens (tertiary/aromatic N) is 2. The predicted octanol–water partition coefficient (Wildman–Crippen LogP) is 3.73. The van der Waals surface area contributed by atoms with Crippen LogP contribution in [0, 0.1) is 13.8 Å². The third-order valence-corrected chi connectivity index (χ3v) is 6.23. The molecule has 1 aromatic carbocycles. The first-order valence-corrected chi connectivity index (χ1v) is 11.5. The fourth-order valence-electron chi connectivity index (χ4n) is 3.39. The SMILES string of the molecule is Cc1cc(C(=O)Nc2cccc(S(C)(=O)=O)c2)c(N2CCCCCC2)nc1C. The summed E-state index contributed by atoms with van der Waals surface area (Å²) in [5.74, 6) is 0.433. The number of pyridine rings is 1. The van der Waals surface area contributed by atoms with Crippen molar-refractivity contribution in [2.24, 2.45) is 0 Å². The Morgan fingerprint density at radius 1 is 1.07 bits per heavy atom. The van der Waals surface area contributed by atoms with Crippen LogP contribution >= 0.6 is 0 Å². The molecule has 0 bridgehead atoms. The summed E-state index contributed by atoms with van der Waals surface area (Å²) < 4.78 is 23.6. The van der Waals surface area contributed by atoms with Gasteiger partial charge < -0.3 is 10.2 Å². The molecule has 0 aliphatic carbocycles. The Bertz CT molecular complexity index is 978. The van der Waals surface area contributed by atoms with Crippen molar-refractivity contribution in [1.82, 2.24) is 4.98 Å². The van der Waals surface area contributed by atoms with Gasteiger partial charge >= 0.3 is 0 Å². The molecule has 1 aliphatic heterocycles. The van der Waals surface area contributed by atoms with E-state index >= 15 is 0 Å². The van der Waals surface area contributed by atoms with E-state index in [9.17, 15) is 13.2 Å². The number of anilines is 2. The standard InChI is InChI=1S/C21H27N3O3S/c1-15-13-19(20(22-16(15)2)24-11-6-4-5-7-12-24)21(25)23-17-9-8-10-18(14-17)28(3,26)27/h8-10,13-14H,4-7,11-12H2,1-3H3,(H,23,25). The van der Waals surface area contributed by atoms with Gasteiger partial charge in [0.15, 0.2) is 9.84 Å². The molecule has 7 heteroatoms. The topological polar surface area (TPSA) is 79.4 Å². The average Bonchev–Trinajstić information content (AvgIpc) is 2.92. The molecule has 1 amide bonds. The van der Waals surface area contributed by atoms with Crippen molar-refractivity contribution in [2.45, 2.75) is 44.4 Å². The molecule has 1 saturated heterocycles. The third-order valence-electron chi connectivity index (χ3n) is 5.12. The zero-order chi connectivity index (χ0) is 20.3. The van der Waals surface area contributed by atoms with Gasteiger partial charge in [0.2, 0.25) is 0 Å². The van der Waals surface area contributed by atoms with E-state index in [0.29, 0.717) is 17.1 Å². The van der Waals surface area contributed by atoms with Crippen LogP contribution in [0.1, 0.15) is 47.3 Å². The van der Waals surface area contributed by atoms with E-state index in [1.165, 1.54) is 25.0 Å². The zero-order valence-corrected chi connectivity index (χ0v) is 17.5. The van der Waals surface area contributed by atoms with Gasteiger partial charge in [-0.25, -0.2) is 13.4 Å². The molecule has 150 valence electrons. The van der Waals surface area contributed by atoms with Crippen LogP contribution in [0.25, 0.3) is 0 Å². The van der Waals surface area contributed by atoms with Crippen LogP contribution in [0.15, 0.2) is 35.2 Å². The summed E-state index contributed by atoms with van der Waals surface area (Å²) in [7, 11) is -3.34. The number of hydrogen-bond acceptors (Lipinski definition) is 5. The number of amides is 1. The second-order valence-corrected chi connectivity index (χ2v) is 9.43. The van der Waals surface area contributed by atoms with Gasteiger partial charge in [0.25, 0.3) is 5.91 Å². The quantitative estimate of drug-likeness (QED) is 0.844. The number of hydrogen-bond donors (Lipinski definition) is 1. The lowest BCUT2D eigenvalue weighted by Crippen LogP contribution is -2.28. The lowest BCUT2D eigenvalue weighted by Gasteiger charge is -2.25. The molecule has 6 nitrogen and oxygen atoms in total. The molecule has 1 aromatic heterocycles. The number of carbonyl (C=O) groups is 1. The Kier molecular flexibility index (Phi) is 6.03. The van der Waals surface area contributed by atoms with E-state index in [1.807, 2.05) is 19.9 Å². The minimum atomic E-state index is -3.34. The monoisotopic (exact) mass is 401 g/mol. The summed E-state index contributed by atoms with van der Waals surface area (Å²) in [6.45, 7) is 5.67. The van der Waals surface area contributed by atoms with Crippen molar-refractivity contribution in [2.75, 3.05) is 29.6 Å². The fourth-order valence-corrected chi connectivity index (χ4v) is 4.05. The molecule has 0 saturated carbocycles. The summed E-state index contributed by atoms with van der Waals surface area (Å²) >= 11 is 0. The number of benzene rings is 1. The highest BCUT2D eigenvalue weighted by Gasteiger charge is 2.21. The lowest BCUT2D eigenvalue weighted by atomic mass is 10.1. The van der Waals surface area contributed by atoms with E-state index in [2.05, 4.69) is 10.2 Å². The van der Waals surface area contributed by atoms with E-state index in [1.54, 1.807) is 12.1 Å². The Morgan fingerprint density at radius 2 is 1.75 bits per heavy atom. The molecule has 0 atom stereocenters. The van der Waals surface area contributed by atoms with Crippen molar-refractivity contribution in [1.29, 1.82) is 0 Å². The summed E-state index contributed by atoms with van der Waals surface area (Å²) in [5.41, 5.74) is 2.84. The zero-order valence-electron chi connectivity index (χ0n) is 16.7. The Morgan fingerprint density at radius 3 is 2.39 bits per heavy atom. The molecule has 3 rings (SSSR count). The number of rotatable bonds is 4. The van der Waals surface area contributed by atoms with E-state index < -0.39 is 9.84 Å². The van der Waals surface area contributed by atoms with Crippen LogP contribution in [0.2, 0.25) is 0 Å². The van der Waals surface area contributed by atoms with Crippen LogP contribution < -0.4 is 10.2 Å². The van der Waals surface area contributed by atoms with Gasteiger partial charge in [0.1, 0.15) is 5.82 Å². The van der Waals surface area contributed by atoms with Crippen molar-refractivity contribution in [3.8, 4) is 0 Å². The van der Waals surface area contributed by atoms with E-state index in [-0.39, 0.29) is 10.8 Å². The first-order chi connectivity index (χ1) is 13.3. The maximum Gasteiger partial charge on any atom is 0.259 e. The molecule has 1 fully saturated rings. The van der Waals surface area contributed by atoms with E-state index in [4.69, 9.17) is 4.98 Å². The Labute approximate surface area is 166 Å². The Balaban J connectivity index is 1.94. The maximum atomic E-state index is 13.1. The summed E-state index contributed by atoms with van der Waals surface area (Å²) in [6.07, 6.45) is 5.72. The van der Waals surface area contributed by atoms with Crippen LogP contribution in [0.3, 0.4) is 0 Å². The number of aromatic nitrogens is 1. The van der Waals surface area contributed by atoms with Gasteiger partial charge in [-0.15, -0.1) is 0 Å². The van der Waals surface area contributed by atoms with Gasteiger partial charge in [-0.3, -0.25) is 4.79 Å². The van der Waals surface area contributed by atoms with Gasteiger partial charge in [-0.1, -0.05) is 18.9 Å². The minimum absolute atomic E-state index is 0.177. The summed E-state index contributed by atoms with van der Waals surface area (Å²) in [4.78, 5) is 20.2. The molecular weight excluding hydrogens is 374 g/mol. The highest BCUT2D eigenvalue weighted by Crippen LogP contribution is 2.25. The predicted molar refractivity (Wildman–Crippen MR) is 112 cm³/mol. The van der Waals surface area contributed by atoms with Gasteiger partial charge in [-0.2, -0.15) is 0 Å². The average molecular weight is 402 g/mol. The largest absolute Gasteiger partial charge is 0.356 e. The number of sulfone groups is 1. The molecule has 0 unspecified atom stereocenters. The minimum Gasteiger partial charge on any atom is -0.356 e. The molecule has 0 spiro atoms. The molecular formula is C21H27N3O3S. The molecule has 0 radical (unpaired) electrons. The van der Waals surface area contributed by atoms with Crippen LogP contribution in [-0.2, 0) is 9.84 Å². The number of aryl methyl sites for hydroxylation is 2. The molecule has 1 N–H and O–H groups in total. The van der Waals surface area contributed by atoms with Gasteiger partial charge in [-0.05, 0) is 56.5 Å². The third kappa shape index (κ3) is 4.70. The second-order valence-electron chi connectivity index (χ2n) is 7.42. The molecule has 28 heavy (non-hydrogen) atoms. The molecule has 2 aromatic rings. The summed E-state index contributed by atoms with van der Waals surface area (Å²) in [5, 5.41) is 2.84. The summed E-state index contributed by atoms with van der Waals surface area (Å²) in [6, 6.07) is 8.18. The Hall–Kier alpha value is -2.41. The first kappa shape index (κ1) is 20.3. The van der Waals surface area contributed by atoms with E-state index in [0.717, 1.165) is 43.4 Å². The lowest BCUT2D eigenvalue weighted by molar-refractivity contribution is 0.102. The number of carbonyl (C=O) groups excluding carboxylic acids is 1. The fraction of sp³-hybridized carbons (Fsp3) is 0.429. The first-order valence-electron chi connectivity index (χ1n) is 9.60.